The minimum Gasteiger partial charge on any atom is -0.489 e. The van der Waals surface area contributed by atoms with Crippen molar-refractivity contribution >= 4 is 0 Å². The maximum Gasteiger partial charge on any atom is 0.287 e. The molecule has 0 amide bonds. The molecule has 0 unspecified atom stereocenters. The van der Waals surface area contributed by atoms with E-state index in [2.05, 4.69) is 20.8 Å². The molecule has 2 N–H and O–H groups in total. The van der Waals surface area contributed by atoms with Crippen LogP contribution < -0.4 is 10.1 Å². The van der Waals surface area contributed by atoms with E-state index in [1.807, 2.05) is 24.3 Å². The summed E-state index contributed by atoms with van der Waals surface area (Å²) in [7, 11) is 0. The smallest absolute Gasteiger partial charge is 0.287 e. The van der Waals surface area contributed by atoms with Gasteiger partial charge in [-0.1, -0.05) is 12.1 Å². The molecular formula is C25H25F4N5O2. The van der Waals surface area contributed by atoms with Gasteiger partial charge in [0.1, 0.15) is 29.8 Å². The molecule has 3 aromatic rings. The van der Waals surface area contributed by atoms with Crippen LogP contribution in [0.3, 0.4) is 0 Å². The van der Waals surface area contributed by atoms with Crippen LogP contribution in [0.5, 0.6) is 5.75 Å². The maximum atomic E-state index is 16.3. The molecular weight excluding hydrogens is 478 g/mol. The highest BCUT2D eigenvalue weighted by molar-refractivity contribution is 5.44. The zero-order valence-electron chi connectivity index (χ0n) is 19.3. The van der Waals surface area contributed by atoms with E-state index in [9.17, 15) is 13.9 Å². The molecule has 7 rings (SSSR count). The van der Waals surface area contributed by atoms with Gasteiger partial charge in [0, 0.05) is 23.6 Å². The normalized spacial score (nSPS) is 28.8. The van der Waals surface area contributed by atoms with Crippen LogP contribution in [-0.4, -0.2) is 50.4 Å². The van der Waals surface area contributed by atoms with Gasteiger partial charge in [-0.3, -0.25) is 0 Å². The summed E-state index contributed by atoms with van der Waals surface area (Å²) < 4.78 is 67.7. The fourth-order valence-electron chi connectivity index (χ4n) is 6.34. The number of nitrogens with zero attached hydrogens (tertiary/aromatic N) is 4. The molecule has 3 aliphatic carbocycles. The Morgan fingerprint density at radius 3 is 2.47 bits per heavy atom. The van der Waals surface area contributed by atoms with Crippen LogP contribution >= 0.6 is 0 Å². The molecule has 1 aliphatic heterocycles. The van der Waals surface area contributed by atoms with Crippen molar-refractivity contribution in [2.75, 3.05) is 13.1 Å². The molecule has 2 aromatic carbocycles. The number of alkyl halides is 2. The van der Waals surface area contributed by atoms with Crippen molar-refractivity contribution in [3.05, 3.63) is 71.6 Å². The van der Waals surface area contributed by atoms with Gasteiger partial charge in [-0.25, -0.2) is 22.2 Å². The third-order valence-electron chi connectivity index (χ3n) is 8.16. The largest absolute Gasteiger partial charge is 0.489 e. The van der Waals surface area contributed by atoms with Gasteiger partial charge in [-0.15, -0.1) is 5.10 Å². The van der Waals surface area contributed by atoms with Crippen LogP contribution in [0.15, 0.2) is 48.8 Å². The van der Waals surface area contributed by atoms with Gasteiger partial charge in [-0.2, -0.15) is 0 Å². The van der Waals surface area contributed by atoms with Gasteiger partial charge < -0.3 is 15.2 Å². The SMILES string of the molecule is O[C@](Cn1cnnn1)(c1ccc(F)cc1F)C(F)(F)C12CC(c3ccc(O[C@@H]4CCNC4)cc3)(C1)C2. The Hall–Kier alpha value is -3.05. The lowest BCUT2D eigenvalue weighted by Gasteiger charge is -2.74. The molecule has 4 aliphatic rings. The summed E-state index contributed by atoms with van der Waals surface area (Å²) in [4.78, 5) is 0. The molecule has 1 saturated heterocycles. The molecule has 0 radical (unpaired) electrons. The molecule has 190 valence electrons. The van der Waals surface area contributed by atoms with Crippen LogP contribution in [0.25, 0.3) is 0 Å². The second-order valence-corrected chi connectivity index (χ2v) is 10.4. The molecule has 3 saturated carbocycles. The van der Waals surface area contributed by atoms with Gasteiger partial charge >= 0.3 is 0 Å². The first kappa shape index (κ1) is 23.4. The highest BCUT2D eigenvalue weighted by Gasteiger charge is 2.82. The number of aliphatic hydroxyl groups is 1. The fourth-order valence-corrected chi connectivity index (χ4v) is 6.34. The molecule has 7 nitrogen and oxygen atoms in total. The number of hydrogen-bond acceptors (Lipinski definition) is 6. The summed E-state index contributed by atoms with van der Waals surface area (Å²) in [6.45, 7) is 0.932. The van der Waals surface area contributed by atoms with Crippen LogP contribution in [0.2, 0.25) is 0 Å². The van der Waals surface area contributed by atoms with Gasteiger partial charge in [0.2, 0.25) is 0 Å². The van der Waals surface area contributed by atoms with Gasteiger partial charge in [0.15, 0.2) is 5.60 Å². The van der Waals surface area contributed by atoms with Crippen molar-refractivity contribution in [2.24, 2.45) is 5.41 Å². The summed E-state index contributed by atoms with van der Waals surface area (Å²) in [5.41, 5.74) is -4.69. The molecule has 0 spiro atoms. The minimum atomic E-state index is -3.75. The lowest BCUT2D eigenvalue weighted by atomic mass is 9.30. The van der Waals surface area contributed by atoms with Crippen LogP contribution in [0, 0.1) is 17.0 Å². The summed E-state index contributed by atoms with van der Waals surface area (Å²) in [6.07, 6.45) is 2.54. The monoisotopic (exact) mass is 503 g/mol. The van der Waals surface area contributed by atoms with Crippen LogP contribution in [0.1, 0.15) is 36.8 Å². The van der Waals surface area contributed by atoms with E-state index in [1.54, 1.807) is 0 Å². The number of tetrazole rings is 1. The zero-order valence-corrected chi connectivity index (χ0v) is 19.3. The highest BCUT2D eigenvalue weighted by atomic mass is 19.3. The lowest BCUT2D eigenvalue weighted by molar-refractivity contribution is -0.347. The maximum absolute atomic E-state index is 16.3. The second-order valence-electron chi connectivity index (χ2n) is 10.4. The standard InChI is InChI=1S/C25H25F4N5O2/c26-17-3-6-20(21(27)9-17)24(35,14-34-15-31-32-33-34)25(28,29)23-11-22(12-23,13-23)16-1-4-18(5-2-16)36-19-7-8-30-10-19/h1-6,9,15,19,30,35H,7-8,10-14H2/t19-,22?,23?,24-/m1/s1. The van der Waals surface area contributed by atoms with Crippen LogP contribution in [-0.2, 0) is 17.6 Å². The topological polar surface area (TPSA) is 85.1 Å². The Labute approximate surface area is 204 Å². The van der Waals surface area contributed by atoms with Gasteiger partial charge in [-0.05, 0) is 77.9 Å². The minimum absolute atomic E-state index is 0.123. The van der Waals surface area contributed by atoms with E-state index in [-0.39, 0.29) is 25.4 Å². The summed E-state index contributed by atoms with van der Waals surface area (Å²) in [5, 5.41) is 25.1. The molecule has 11 heteroatoms. The molecule has 2 bridgehead atoms. The first-order valence-corrected chi connectivity index (χ1v) is 11.9. The van der Waals surface area contributed by atoms with E-state index in [1.165, 1.54) is 0 Å². The summed E-state index contributed by atoms with van der Waals surface area (Å²) in [6, 6.07) is 9.75. The zero-order chi connectivity index (χ0) is 25.2. The van der Waals surface area contributed by atoms with E-state index in [4.69, 9.17) is 4.74 Å². The lowest BCUT2D eigenvalue weighted by Crippen LogP contribution is -2.76. The number of nitrogens with one attached hydrogen (secondary N) is 1. The molecule has 2 heterocycles. The number of benzene rings is 2. The van der Waals surface area contributed by atoms with Crippen molar-refractivity contribution in [3.8, 4) is 5.75 Å². The predicted octanol–water partition coefficient (Wildman–Crippen LogP) is 3.34. The van der Waals surface area contributed by atoms with Gasteiger partial charge in [0.25, 0.3) is 5.92 Å². The Morgan fingerprint density at radius 1 is 1.11 bits per heavy atom. The Morgan fingerprint density at radius 2 is 1.86 bits per heavy atom. The average Bonchev–Trinajstić information content (AvgIpc) is 3.47. The number of hydrogen-bond donors (Lipinski definition) is 2. The number of aromatic nitrogens is 4. The second kappa shape index (κ2) is 7.97. The molecule has 2 atom stereocenters. The summed E-state index contributed by atoms with van der Waals surface area (Å²) in [5.74, 6) is -5.18. The Bertz CT molecular complexity index is 1240. The van der Waals surface area contributed by atoms with Crippen molar-refractivity contribution in [3.63, 3.8) is 0 Å². The molecule has 4 fully saturated rings. The average molecular weight is 504 g/mol. The fraction of sp³-hybridized carbons (Fsp3) is 0.480. The van der Waals surface area contributed by atoms with Crippen molar-refractivity contribution < 1.29 is 27.4 Å². The van der Waals surface area contributed by atoms with Crippen LogP contribution in [0.4, 0.5) is 17.6 Å². The predicted molar refractivity (Wildman–Crippen MR) is 119 cm³/mol. The Kier molecular flexibility index (Phi) is 5.17. The van der Waals surface area contributed by atoms with Gasteiger partial charge in [0.05, 0.1) is 6.54 Å². The first-order chi connectivity index (χ1) is 17.2. The third-order valence-corrected chi connectivity index (χ3v) is 8.16. The van der Waals surface area contributed by atoms with Crippen molar-refractivity contribution in [2.45, 2.75) is 55.3 Å². The molecule has 36 heavy (non-hydrogen) atoms. The number of rotatable bonds is 8. The highest BCUT2D eigenvalue weighted by Crippen LogP contribution is 2.80. The van der Waals surface area contributed by atoms with E-state index < -0.39 is 46.1 Å². The van der Waals surface area contributed by atoms with E-state index >= 15 is 8.78 Å². The number of halogens is 4. The van der Waals surface area contributed by atoms with Crippen molar-refractivity contribution in [1.82, 2.24) is 25.5 Å². The number of ether oxygens (including phenoxy) is 1. The van der Waals surface area contributed by atoms with Crippen molar-refractivity contribution in [1.29, 1.82) is 0 Å². The third kappa shape index (κ3) is 3.36. The first-order valence-electron chi connectivity index (χ1n) is 11.9. The van der Waals surface area contributed by atoms with E-state index in [0.717, 1.165) is 54.0 Å². The quantitative estimate of drug-likeness (QED) is 0.459. The molecule has 1 aromatic heterocycles. The van der Waals surface area contributed by atoms with E-state index in [0.29, 0.717) is 6.07 Å². The Balaban J connectivity index is 1.25. The summed E-state index contributed by atoms with van der Waals surface area (Å²) >= 11 is 0.